The van der Waals surface area contributed by atoms with Gasteiger partial charge in [-0.1, -0.05) is 17.7 Å². The number of carboxylic acid groups (broad SMARTS) is 1. The normalized spacial score (nSPS) is 20.5. The topological polar surface area (TPSA) is 110 Å². The molecule has 2 rings (SSSR count). The van der Waals surface area contributed by atoms with Gasteiger partial charge in [-0.25, -0.2) is 0 Å². The minimum atomic E-state index is -1.05. The van der Waals surface area contributed by atoms with Crippen LogP contribution in [0.25, 0.3) is 0 Å². The molecule has 1 aromatic rings. The number of hydrogen-bond donors (Lipinski definition) is 2. The second-order valence-electron chi connectivity index (χ2n) is 5.39. The summed E-state index contributed by atoms with van der Waals surface area (Å²) >= 11 is 5.93. The SMILES string of the molecule is Cc1cc([N+](=O)[O-])ccc1NC(=O)[C@@H]1CC(Cl)=CC[C@@H]1C(=O)O. The van der Waals surface area contributed by atoms with Gasteiger partial charge in [-0.05, 0) is 31.4 Å². The summed E-state index contributed by atoms with van der Waals surface area (Å²) in [6.07, 6.45) is 1.98. The molecule has 0 spiro atoms. The number of aryl methyl sites for hydroxylation is 1. The average molecular weight is 339 g/mol. The highest BCUT2D eigenvalue weighted by Gasteiger charge is 2.36. The Morgan fingerprint density at radius 3 is 2.65 bits per heavy atom. The lowest BCUT2D eigenvalue weighted by Crippen LogP contribution is -2.35. The summed E-state index contributed by atoms with van der Waals surface area (Å²) in [4.78, 5) is 33.9. The van der Waals surface area contributed by atoms with Crippen LogP contribution in [0.5, 0.6) is 0 Å². The third-order valence-corrected chi connectivity index (χ3v) is 4.14. The van der Waals surface area contributed by atoms with Crippen LogP contribution in [-0.4, -0.2) is 21.9 Å². The van der Waals surface area contributed by atoms with Gasteiger partial charge in [0, 0.05) is 22.9 Å². The molecule has 0 bridgehead atoms. The van der Waals surface area contributed by atoms with E-state index in [1.54, 1.807) is 13.0 Å². The molecule has 7 nitrogen and oxygen atoms in total. The molecule has 0 unspecified atom stereocenters. The highest BCUT2D eigenvalue weighted by Crippen LogP contribution is 2.33. The minimum absolute atomic E-state index is 0.0763. The number of nitrogens with one attached hydrogen (secondary N) is 1. The predicted octanol–water partition coefficient (Wildman–Crippen LogP) is 3.08. The first-order valence-electron chi connectivity index (χ1n) is 6.93. The van der Waals surface area contributed by atoms with Crippen LogP contribution in [0.4, 0.5) is 11.4 Å². The van der Waals surface area contributed by atoms with Gasteiger partial charge in [0.15, 0.2) is 0 Å². The van der Waals surface area contributed by atoms with Crippen LogP contribution in [0, 0.1) is 28.9 Å². The molecule has 0 fully saturated rings. The molecule has 1 aliphatic carbocycles. The third kappa shape index (κ3) is 3.87. The monoisotopic (exact) mass is 338 g/mol. The second-order valence-corrected chi connectivity index (χ2v) is 5.87. The third-order valence-electron chi connectivity index (χ3n) is 3.83. The van der Waals surface area contributed by atoms with Crippen molar-refractivity contribution in [2.45, 2.75) is 19.8 Å². The van der Waals surface area contributed by atoms with Gasteiger partial charge in [0.05, 0.1) is 16.8 Å². The number of anilines is 1. The van der Waals surface area contributed by atoms with Gasteiger partial charge in [-0.15, -0.1) is 0 Å². The summed E-state index contributed by atoms with van der Waals surface area (Å²) in [5.41, 5.74) is 0.861. The fourth-order valence-electron chi connectivity index (χ4n) is 2.53. The zero-order valence-corrected chi connectivity index (χ0v) is 13.0. The van der Waals surface area contributed by atoms with Crippen LogP contribution in [0.3, 0.4) is 0 Å². The Balaban J connectivity index is 2.19. The number of non-ortho nitro benzene ring substituents is 1. The average Bonchev–Trinajstić information content (AvgIpc) is 2.48. The molecule has 2 N–H and O–H groups in total. The number of rotatable bonds is 4. The van der Waals surface area contributed by atoms with Crippen molar-refractivity contribution in [3.8, 4) is 0 Å². The molecule has 0 radical (unpaired) electrons. The molecule has 122 valence electrons. The number of amides is 1. The van der Waals surface area contributed by atoms with Crippen molar-refractivity contribution in [2.24, 2.45) is 11.8 Å². The summed E-state index contributed by atoms with van der Waals surface area (Å²) in [6, 6.07) is 4.06. The molecule has 23 heavy (non-hydrogen) atoms. The van der Waals surface area contributed by atoms with Crippen LogP contribution >= 0.6 is 11.6 Å². The lowest BCUT2D eigenvalue weighted by atomic mass is 9.82. The fraction of sp³-hybridized carbons (Fsp3) is 0.333. The van der Waals surface area contributed by atoms with Gasteiger partial charge in [0.2, 0.25) is 5.91 Å². The van der Waals surface area contributed by atoms with E-state index in [-0.39, 0.29) is 18.5 Å². The Morgan fingerprint density at radius 2 is 2.09 bits per heavy atom. The molecule has 2 atom stereocenters. The van der Waals surface area contributed by atoms with Gasteiger partial charge in [0.1, 0.15) is 0 Å². The molecule has 0 saturated heterocycles. The highest BCUT2D eigenvalue weighted by molar-refractivity contribution is 6.29. The van der Waals surface area contributed by atoms with Crippen molar-refractivity contribution in [2.75, 3.05) is 5.32 Å². The maximum Gasteiger partial charge on any atom is 0.307 e. The van der Waals surface area contributed by atoms with E-state index in [1.165, 1.54) is 18.2 Å². The van der Waals surface area contributed by atoms with Crippen LogP contribution in [0.1, 0.15) is 18.4 Å². The number of nitrogens with zero attached hydrogens (tertiary/aromatic N) is 1. The van der Waals surface area contributed by atoms with Crippen molar-refractivity contribution >= 4 is 34.9 Å². The summed E-state index contributed by atoms with van der Waals surface area (Å²) in [7, 11) is 0. The van der Waals surface area contributed by atoms with Gasteiger partial charge in [0.25, 0.3) is 5.69 Å². The fourth-order valence-corrected chi connectivity index (χ4v) is 2.79. The standard InChI is InChI=1S/C15H15ClN2O5/c1-8-6-10(18(22)23)3-5-13(8)17-14(19)12-7-9(16)2-4-11(12)15(20)21/h2-3,5-6,11-12H,4,7H2,1H3,(H,17,19)(H,20,21)/t11-,12+/m0/s1. The molecular formula is C15H15ClN2O5. The quantitative estimate of drug-likeness (QED) is 0.647. The van der Waals surface area contributed by atoms with E-state index in [0.717, 1.165) is 0 Å². The first-order valence-corrected chi connectivity index (χ1v) is 7.30. The maximum atomic E-state index is 12.4. The molecule has 1 amide bonds. The Morgan fingerprint density at radius 1 is 1.39 bits per heavy atom. The minimum Gasteiger partial charge on any atom is -0.481 e. The molecule has 0 saturated carbocycles. The smallest absolute Gasteiger partial charge is 0.307 e. The molecule has 1 aromatic carbocycles. The van der Waals surface area contributed by atoms with Gasteiger partial charge < -0.3 is 10.4 Å². The zero-order chi connectivity index (χ0) is 17.1. The van der Waals surface area contributed by atoms with E-state index in [4.69, 9.17) is 11.6 Å². The number of aliphatic carboxylic acids is 1. The van der Waals surface area contributed by atoms with E-state index in [9.17, 15) is 24.8 Å². The van der Waals surface area contributed by atoms with Crippen molar-refractivity contribution in [1.29, 1.82) is 0 Å². The van der Waals surface area contributed by atoms with Gasteiger partial charge >= 0.3 is 5.97 Å². The largest absolute Gasteiger partial charge is 0.481 e. The molecular weight excluding hydrogens is 324 g/mol. The van der Waals surface area contributed by atoms with E-state index in [2.05, 4.69) is 5.32 Å². The number of allylic oxidation sites excluding steroid dienone is 2. The number of carbonyl (C=O) groups excluding carboxylic acids is 1. The number of nitro benzene ring substituents is 1. The molecule has 0 aromatic heterocycles. The Hall–Kier alpha value is -2.41. The summed E-state index contributed by atoms with van der Waals surface area (Å²) in [6.45, 7) is 1.63. The van der Waals surface area contributed by atoms with Crippen molar-refractivity contribution in [1.82, 2.24) is 0 Å². The number of benzene rings is 1. The number of carboxylic acids is 1. The summed E-state index contributed by atoms with van der Waals surface area (Å²) in [5.74, 6) is -3.12. The number of hydrogen-bond acceptors (Lipinski definition) is 4. The second kappa shape index (κ2) is 6.78. The summed E-state index contributed by atoms with van der Waals surface area (Å²) < 4.78 is 0. The predicted molar refractivity (Wildman–Crippen MR) is 84.2 cm³/mol. The van der Waals surface area contributed by atoms with E-state index in [0.29, 0.717) is 16.3 Å². The molecule has 8 heteroatoms. The van der Waals surface area contributed by atoms with E-state index < -0.39 is 28.6 Å². The lowest BCUT2D eigenvalue weighted by Gasteiger charge is -2.26. The lowest BCUT2D eigenvalue weighted by molar-refractivity contribution is -0.384. The first-order chi connectivity index (χ1) is 10.8. The van der Waals surface area contributed by atoms with Crippen LogP contribution in [0.15, 0.2) is 29.3 Å². The van der Waals surface area contributed by atoms with Crippen LogP contribution in [-0.2, 0) is 9.59 Å². The number of carbonyl (C=O) groups is 2. The molecule has 0 heterocycles. The Kier molecular flexibility index (Phi) is 5.00. The number of nitro groups is 1. The van der Waals surface area contributed by atoms with Crippen molar-refractivity contribution in [3.63, 3.8) is 0 Å². The van der Waals surface area contributed by atoms with Crippen LogP contribution < -0.4 is 5.32 Å². The number of halogens is 1. The Labute approximate surface area is 137 Å². The van der Waals surface area contributed by atoms with Gasteiger partial charge in [-0.2, -0.15) is 0 Å². The van der Waals surface area contributed by atoms with Crippen molar-refractivity contribution < 1.29 is 19.6 Å². The molecule has 1 aliphatic rings. The maximum absolute atomic E-state index is 12.4. The van der Waals surface area contributed by atoms with Gasteiger partial charge in [-0.3, -0.25) is 19.7 Å². The van der Waals surface area contributed by atoms with E-state index in [1.807, 2.05) is 0 Å². The molecule has 0 aliphatic heterocycles. The summed E-state index contributed by atoms with van der Waals surface area (Å²) in [5, 5.41) is 23.1. The van der Waals surface area contributed by atoms with E-state index >= 15 is 0 Å². The Bertz CT molecular complexity index is 701. The van der Waals surface area contributed by atoms with Crippen molar-refractivity contribution in [3.05, 3.63) is 45.0 Å². The first kappa shape index (κ1) is 17.0. The highest BCUT2D eigenvalue weighted by atomic mass is 35.5. The van der Waals surface area contributed by atoms with Crippen LogP contribution in [0.2, 0.25) is 0 Å². The zero-order valence-electron chi connectivity index (χ0n) is 12.3.